The van der Waals surface area contributed by atoms with Crippen molar-refractivity contribution in [3.63, 3.8) is 0 Å². The molecular formula is C31H20Cl2F3N3O3. The van der Waals surface area contributed by atoms with E-state index in [9.17, 15) is 23.3 Å². The smallest absolute Gasteiger partial charge is 0.416 e. The molecule has 11 heteroatoms. The highest BCUT2D eigenvalue weighted by molar-refractivity contribution is 6.36. The maximum Gasteiger partial charge on any atom is 0.416 e. The summed E-state index contributed by atoms with van der Waals surface area (Å²) in [6, 6.07) is 22.9. The third kappa shape index (κ3) is 6.99. The quantitative estimate of drug-likeness (QED) is 0.130. The number of halogens is 5. The lowest BCUT2D eigenvalue weighted by molar-refractivity contribution is -0.384. The van der Waals surface area contributed by atoms with Crippen LogP contribution in [0.25, 0.3) is 23.4 Å². The molecule has 6 nitrogen and oxygen atoms in total. The summed E-state index contributed by atoms with van der Waals surface area (Å²) < 4.78 is 46.0. The lowest BCUT2D eigenvalue weighted by atomic mass is 10.2. The van der Waals surface area contributed by atoms with Gasteiger partial charge in [-0.2, -0.15) is 13.2 Å². The van der Waals surface area contributed by atoms with Crippen LogP contribution in [0.15, 0.2) is 97.2 Å². The average Bonchev–Trinajstić information content (AvgIpc) is 3.34. The number of aromatic nitrogens is 2. The van der Waals surface area contributed by atoms with Crippen molar-refractivity contribution in [3.8, 4) is 22.8 Å². The summed E-state index contributed by atoms with van der Waals surface area (Å²) in [4.78, 5) is 15.3. The van der Waals surface area contributed by atoms with Crippen molar-refractivity contribution in [1.82, 2.24) is 9.55 Å². The number of ether oxygens (including phenoxy) is 1. The van der Waals surface area contributed by atoms with Crippen molar-refractivity contribution in [2.75, 3.05) is 0 Å². The first-order valence-electron chi connectivity index (χ1n) is 12.4. The van der Waals surface area contributed by atoms with Crippen molar-refractivity contribution >= 4 is 41.0 Å². The molecule has 0 aliphatic heterocycles. The monoisotopic (exact) mass is 609 g/mol. The molecular weight excluding hydrogens is 590 g/mol. The maximum atomic E-state index is 12.8. The standard InChI is InChI=1S/C31H20Cl2F3N3O3/c32-23-8-15-27(28(33)17-23)29-19-38(18-21-1-9-24(10-2-21)39(40)41)30(37-29)16-5-20-3-11-25(12-4-20)42-26-13-6-22(7-14-26)31(34,35)36/h1-17,19H,18H2/b16-5+. The van der Waals surface area contributed by atoms with Gasteiger partial charge in [-0.3, -0.25) is 10.1 Å². The number of benzene rings is 4. The fourth-order valence-electron chi connectivity index (χ4n) is 4.10. The zero-order valence-electron chi connectivity index (χ0n) is 21.6. The second kappa shape index (κ2) is 12.1. The molecule has 4 aromatic carbocycles. The van der Waals surface area contributed by atoms with E-state index in [0.29, 0.717) is 39.4 Å². The van der Waals surface area contributed by atoms with Gasteiger partial charge in [0, 0.05) is 35.5 Å². The summed E-state index contributed by atoms with van der Waals surface area (Å²) in [6.07, 6.45) is 1.11. The lowest BCUT2D eigenvalue weighted by Gasteiger charge is -2.09. The predicted octanol–water partition coefficient (Wildman–Crippen LogP) is 9.79. The SMILES string of the molecule is O=[N+]([O-])c1ccc(Cn2cc(-c3ccc(Cl)cc3Cl)nc2/C=C/c2ccc(Oc3ccc(C(F)(F)F)cc3)cc2)cc1. The number of hydrogen-bond donors (Lipinski definition) is 0. The number of non-ortho nitro benzene ring substituents is 1. The highest BCUT2D eigenvalue weighted by Crippen LogP contribution is 2.32. The molecule has 0 bridgehead atoms. The molecule has 42 heavy (non-hydrogen) atoms. The number of hydrogen-bond acceptors (Lipinski definition) is 4. The van der Waals surface area contributed by atoms with Crippen LogP contribution in [0.4, 0.5) is 18.9 Å². The van der Waals surface area contributed by atoms with Gasteiger partial charge in [0.25, 0.3) is 5.69 Å². The van der Waals surface area contributed by atoms with E-state index in [0.717, 1.165) is 23.3 Å². The number of nitrogens with zero attached hydrogens (tertiary/aromatic N) is 3. The van der Waals surface area contributed by atoms with Crippen molar-refractivity contribution < 1.29 is 22.8 Å². The van der Waals surface area contributed by atoms with Crippen molar-refractivity contribution in [2.24, 2.45) is 0 Å². The second-order valence-electron chi connectivity index (χ2n) is 9.19. The minimum Gasteiger partial charge on any atom is -0.457 e. The summed E-state index contributed by atoms with van der Waals surface area (Å²) in [6.45, 7) is 0.399. The third-order valence-electron chi connectivity index (χ3n) is 6.24. The highest BCUT2D eigenvalue weighted by atomic mass is 35.5. The van der Waals surface area contributed by atoms with E-state index < -0.39 is 16.7 Å². The van der Waals surface area contributed by atoms with E-state index in [1.54, 1.807) is 54.6 Å². The number of rotatable bonds is 8. The van der Waals surface area contributed by atoms with Crippen LogP contribution in [0, 0.1) is 10.1 Å². The van der Waals surface area contributed by atoms with Crippen molar-refractivity contribution in [1.29, 1.82) is 0 Å². The van der Waals surface area contributed by atoms with Crippen LogP contribution in [0.3, 0.4) is 0 Å². The van der Waals surface area contributed by atoms with Crippen LogP contribution >= 0.6 is 23.2 Å². The fourth-order valence-corrected chi connectivity index (χ4v) is 4.61. The Kier molecular flexibility index (Phi) is 8.33. The molecule has 5 aromatic rings. The molecule has 0 fully saturated rings. The first-order valence-corrected chi connectivity index (χ1v) is 13.2. The summed E-state index contributed by atoms with van der Waals surface area (Å²) in [7, 11) is 0. The summed E-state index contributed by atoms with van der Waals surface area (Å²) in [5.74, 6) is 1.36. The van der Waals surface area contributed by atoms with Gasteiger partial charge in [0.2, 0.25) is 0 Å². The molecule has 0 spiro atoms. The van der Waals surface area contributed by atoms with E-state index in [2.05, 4.69) is 0 Å². The summed E-state index contributed by atoms with van der Waals surface area (Å²) >= 11 is 12.5. The zero-order valence-corrected chi connectivity index (χ0v) is 23.1. The Morgan fingerprint density at radius 2 is 1.52 bits per heavy atom. The average molecular weight is 610 g/mol. The Bertz CT molecular complexity index is 1750. The Morgan fingerprint density at radius 3 is 2.12 bits per heavy atom. The Labute approximate surface area is 248 Å². The van der Waals surface area contributed by atoms with Gasteiger partial charge in [0.15, 0.2) is 0 Å². The largest absolute Gasteiger partial charge is 0.457 e. The number of nitro benzene ring substituents is 1. The molecule has 0 saturated carbocycles. The zero-order chi connectivity index (χ0) is 29.9. The van der Waals surface area contributed by atoms with Crippen LogP contribution in [0.5, 0.6) is 11.5 Å². The van der Waals surface area contributed by atoms with Gasteiger partial charge in [-0.25, -0.2) is 4.98 Å². The molecule has 0 aliphatic rings. The molecule has 1 heterocycles. The number of imidazole rings is 1. The van der Waals surface area contributed by atoms with Gasteiger partial charge < -0.3 is 9.30 Å². The van der Waals surface area contributed by atoms with Crippen LogP contribution in [-0.2, 0) is 12.7 Å². The highest BCUT2D eigenvalue weighted by Gasteiger charge is 2.30. The fraction of sp³-hybridized carbons (Fsp3) is 0.0645. The van der Waals surface area contributed by atoms with Crippen molar-refractivity contribution in [2.45, 2.75) is 12.7 Å². The number of alkyl halides is 3. The first-order chi connectivity index (χ1) is 20.0. The van der Waals surface area contributed by atoms with E-state index in [-0.39, 0.29) is 11.4 Å². The predicted molar refractivity (Wildman–Crippen MR) is 157 cm³/mol. The van der Waals surface area contributed by atoms with Gasteiger partial charge in [-0.1, -0.05) is 53.5 Å². The van der Waals surface area contributed by atoms with Crippen LogP contribution < -0.4 is 4.74 Å². The van der Waals surface area contributed by atoms with Gasteiger partial charge >= 0.3 is 6.18 Å². The minimum absolute atomic E-state index is 0.00360. The first kappa shape index (κ1) is 28.9. The molecule has 0 unspecified atom stereocenters. The normalized spacial score (nSPS) is 11.6. The van der Waals surface area contributed by atoms with Gasteiger partial charge in [0.05, 0.1) is 21.2 Å². The van der Waals surface area contributed by atoms with Gasteiger partial charge in [0.1, 0.15) is 17.3 Å². The van der Waals surface area contributed by atoms with Crippen LogP contribution in [0.1, 0.15) is 22.5 Å². The second-order valence-corrected chi connectivity index (χ2v) is 10.0. The molecule has 0 amide bonds. The maximum absolute atomic E-state index is 12.8. The van der Waals surface area contributed by atoms with E-state index in [1.807, 2.05) is 22.9 Å². The van der Waals surface area contributed by atoms with Crippen LogP contribution in [-0.4, -0.2) is 14.5 Å². The van der Waals surface area contributed by atoms with E-state index in [4.69, 9.17) is 32.9 Å². The molecule has 0 N–H and O–H groups in total. The molecule has 0 radical (unpaired) electrons. The molecule has 0 aliphatic carbocycles. The lowest BCUT2D eigenvalue weighted by Crippen LogP contribution is -2.03. The van der Waals surface area contributed by atoms with Crippen LogP contribution in [0.2, 0.25) is 10.0 Å². The van der Waals surface area contributed by atoms with Crippen molar-refractivity contribution in [3.05, 3.63) is 140 Å². The molecule has 5 rings (SSSR count). The molecule has 1 aromatic heterocycles. The van der Waals surface area contributed by atoms with Gasteiger partial charge in [-0.15, -0.1) is 0 Å². The summed E-state index contributed by atoms with van der Waals surface area (Å²) in [5, 5.41) is 12.0. The third-order valence-corrected chi connectivity index (χ3v) is 6.78. The van der Waals surface area contributed by atoms with Gasteiger partial charge in [-0.05, 0) is 71.8 Å². The molecule has 212 valence electrons. The Balaban J connectivity index is 1.37. The Hall–Kier alpha value is -4.60. The summed E-state index contributed by atoms with van der Waals surface area (Å²) in [5.41, 5.74) is 2.24. The van der Waals surface area contributed by atoms with E-state index >= 15 is 0 Å². The minimum atomic E-state index is -4.41. The molecule has 0 saturated heterocycles. The topological polar surface area (TPSA) is 70.2 Å². The molecule has 0 atom stereocenters. The number of nitro groups is 1. The Morgan fingerprint density at radius 1 is 0.881 bits per heavy atom. The van der Waals surface area contributed by atoms with E-state index in [1.165, 1.54) is 24.3 Å².